The summed E-state index contributed by atoms with van der Waals surface area (Å²) in [7, 11) is -3.74. The number of benzene rings is 1. The Morgan fingerprint density at radius 1 is 1.30 bits per heavy atom. The molecule has 1 aliphatic heterocycles. The van der Waals surface area contributed by atoms with Gasteiger partial charge in [0.15, 0.2) is 0 Å². The first-order valence-corrected chi connectivity index (χ1v) is 13.3. The first-order chi connectivity index (χ1) is 15.7. The lowest BCUT2D eigenvalue weighted by Crippen LogP contribution is -2.45. The van der Waals surface area contributed by atoms with Crippen LogP contribution in [0, 0.1) is 19.8 Å². The van der Waals surface area contributed by atoms with Gasteiger partial charge in [0.1, 0.15) is 0 Å². The standard InChI is InChI=1S/C22H25ClN4O4S2/c1-14-20(12-19(32-14)21-25-15(2)31-26-21)33(29,30)27-11-3-4-17(13-27)22(28)24-10-9-16-5-7-18(23)8-6-16/h5-8,12,17H,3-4,9-11,13H2,1-2H3,(H,24,28). The molecule has 1 N–H and O–H groups in total. The predicted molar refractivity (Wildman–Crippen MR) is 127 cm³/mol. The molecule has 0 saturated carbocycles. The summed E-state index contributed by atoms with van der Waals surface area (Å²) in [6.45, 7) is 4.49. The lowest BCUT2D eigenvalue weighted by atomic mass is 9.99. The molecular formula is C22H25ClN4O4S2. The molecular weight excluding hydrogens is 484 g/mol. The fourth-order valence-corrected chi connectivity index (χ4v) is 7.01. The van der Waals surface area contributed by atoms with Crippen LogP contribution in [0.2, 0.25) is 5.02 Å². The number of aromatic nitrogens is 2. The van der Waals surface area contributed by atoms with Gasteiger partial charge in [0.05, 0.1) is 15.7 Å². The lowest BCUT2D eigenvalue weighted by Gasteiger charge is -2.31. The molecule has 1 atom stereocenters. The number of amides is 1. The van der Waals surface area contributed by atoms with Gasteiger partial charge >= 0.3 is 0 Å². The molecule has 1 fully saturated rings. The minimum absolute atomic E-state index is 0.117. The van der Waals surface area contributed by atoms with E-state index in [1.807, 2.05) is 24.3 Å². The number of aryl methyl sites for hydroxylation is 2. The number of hydrogen-bond donors (Lipinski definition) is 1. The molecule has 1 unspecified atom stereocenters. The van der Waals surface area contributed by atoms with Gasteiger partial charge in [0.25, 0.3) is 0 Å². The summed E-state index contributed by atoms with van der Waals surface area (Å²) < 4.78 is 33.2. The van der Waals surface area contributed by atoms with Crippen LogP contribution in [-0.2, 0) is 21.2 Å². The van der Waals surface area contributed by atoms with Crippen molar-refractivity contribution in [2.45, 2.75) is 38.0 Å². The maximum atomic E-state index is 13.4. The Morgan fingerprint density at radius 2 is 2.06 bits per heavy atom. The fourth-order valence-electron chi connectivity index (χ4n) is 3.87. The van der Waals surface area contributed by atoms with E-state index in [1.54, 1.807) is 19.9 Å². The highest BCUT2D eigenvalue weighted by molar-refractivity contribution is 7.89. The highest BCUT2D eigenvalue weighted by Gasteiger charge is 2.35. The fraction of sp³-hybridized carbons (Fsp3) is 0.409. The minimum atomic E-state index is -3.74. The van der Waals surface area contributed by atoms with Gasteiger partial charge in [-0.15, -0.1) is 11.3 Å². The van der Waals surface area contributed by atoms with Crippen LogP contribution in [0.25, 0.3) is 10.7 Å². The Bertz CT molecular complexity index is 1240. The molecule has 0 aliphatic carbocycles. The molecule has 3 aromatic rings. The lowest BCUT2D eigenvalue weighted by molar-refractivity contribution is -0.126. The second-order valence-electron chi connectivity index (χ2n) is 8.04. The SMILES string of the molecule is Cc1nc(-c2cc(S(=O)(=O)N3CCCC(C(=O)NCCc4ccc(Cl)cc4)C3)c(C)s2)no1. The molecule has 0 spiro atoms. The quantitative estimate of drug-likeness (QED) is 0.520. The maximum absolute atomic E-state index is 13.4. The third kappa shape index (κ3) is 5.46. The van der Waals surface area contributed by atoms with E-state index in [2.05, 4.69) is 15.5 Å². The zero-order valence-electron chi connectivity index (χ0n) is 18.4. The van der Waals surface area contributed by atoms with E-state index in [9.17, 15) is 13.2 Å². The Morgan fingerprint density at radius 3 is 2.76 bits per heavy atom. The number of sulfonamides is 1. The monoisotopic (exact) mass is 508 g/mol. The van der Waals surface area contributed by atoms with Crippen LogP contribution in [-0.4, -0.2) is 48.4 Å². The first kappa shape index (κ1) is 23.9. The average molecular weight is 509 g/mol. The molecule has 1 aromatic carbocycles. The molecule has 4 rings (SSSR count). The molecule has 3 heterocycles. The van der Waals surface area contributed by atoms with Crippen molar-refractivity contribution in [3.05, 3.63) is 51.7 Å². The zero-order chi connectivity index (χ0) is 23.6. The zero-order valence-corrected chi connectivity index (χ0v) is 20.8. The van der Waals surface area contributed by atoms with E-state index in [-0.39, 0.29) is 23.3 Å². The summed E-state index contributed by atoms with van der Waals surface area (Å²) >= 11 is 7.21. The molecule has 11 heteroatoms. The number of halogens is 1. The Kier molecular flexibility index (Phi) is 7.18. The summed E-state index contributed by atoms with van der Waals surface area (Å²) in [5.74, 6) is 0.297. The average Bonchev–Trinajstić information content (AvgIpc) is 3.41. The van der Waals surface area contributed by atoms with Crippen LogP contribution in [0.5, 0.6) is 0 Å². The van der Waals surface area contributed by atoms with Gasteiger partial charge in [-0.1, -0.05) is 28.9 Å². The van der Waals surface area contributed by atoms with Crippen LogP contribution < -0.4 is 5.32 Å². The number of carbonyl (C=O) groups excluding carboxylic acids is 1. The van der Waals surface area contributed by atoms with E-state index in [0.717, 1.165) is 5.56 Å². The summed E-state index contributed by atoms with van der Waals surface area (Å²) in [6.07, 6.45) is 1.98. The van der Waals surface area contributed by atoms with Crippen molar-refractivity contribution in [1.82, 2.24) is 19.8 Å². The van der Waals surface area contributed by atoms with E-state index in [0.29, 0.717) is 58.8 Å². The molecule has 33 heavy (non-hydrogen) atoms. The second-order valence-corrected chi connectivity index (χ2v) is 11.6. The Labute approximate surface area is 202 Å². The van der Waals surface area contributed by atoms with Crippen LogP contribution in [0.1, 0.15) is 29.2 Å². The van der Waals surface area contributed by atoms with Gasteiger partial charge in [-0.05, 0) is 49.9 Å². The highest BCUT2D eigenvalue weighted by atomic mass is 35.5. The summed E-state index contributed by atoms with van der Waals surface area (Å²) in [5.41, 5.74) is 1.08. The van der Waals surface area contributed by atoms with Gasteiger partial charge in [0, 0.05) is 36.5 Å². The van der Waals surface area contributed by atoms with Crippen molar-refractivity contribution in [3.8, 4) is 10.7 Å². The van der Waals surface area contributed by atoms with E-state index < -0.39 is 10.0 Å². The van der Waals surface area contributed by atoms with Crippen molar-refractivity contribution < 1.29 is 17.7 Å². The second kappa shape index (κ2) is 9.92. The van der Waals surface area contributed by atoms with E-state index in [1.165, 1.54) is 15.6 Å². The number of thiophene rings is 1. The van der Waals surface area contributed by atoms with Crippen molar-refractivity contribution >= 4 is 38.9 Å². The predicted octanol–water partition coefficient (Wildman–Crippen LogP) is 3.83. The van der Waals surface area contributed by atoms with Crippen molar-refractivity contribution in [2.75, 3.05) is 19.6 Å². The van der Waals surface area contributed by atoms with Gasteiger partial charge in [0.2, 0.25) is 27.6 Å². The number of piperidine rings is 1. The summed E-state index contributed by atoms with van der Waals surface area (Å²) in [5, 5.41) is 7.50. The number of hydrogen-bond acceptors (Lipinski definition) is 7. The first-order valence-electron chi connectivity index (χ1n) is 10.7. The smallest absolute Gasteiger partial charge is 0.244 e. The Balaban J connectivity index is 1.40. The largest absolute Gasteiger partial charge is 0.355 e. The molecule has 176 valence electrons. The molecule has 8 nitrogen and oxygen atoms in total. The molecule has 1 saturated heterocycles. The molecule has 0 radical (unpaired) electrons. The van der Waals surface area contributed by atoms with E-state index in [4.69, 9.17) is 16.1 Å². The van der Waals surface area contributed by atoms with Crippen molar-refractivity contribution in [3.63, 3.8) is 0 Å². The maximum Gasteiger partial charge on any atom is 0.244 e. The number of rotatable bonds is 7. The molecule has 2 aromatic heterocycles. The molecule has 1 aliphatic rings. The van der Waals surface area contributed by atoms with Gasteiger partial charge in [-0.3, -0.25) is 4.79 Å². The van der Waals surface area contributed by atoms with Crippen LogP contribution in [0.4, 0.5) is 0 Å². The van der Waals surface area contributed by atoms with Crippen molar-refractivity contribution in [2.24, 2.45) is 5.92 Å². The molecule has 0 bridgehead atoms. The van der Waals surface area contributed by atoms with Crippen LogP contribution in [0.3, 0.4) is 0 Å². The highest BCUT2D eigenvalue weighted by Crippen LogP contribution is 2.34. The summed E-state index contributed by atoms with van der Waals surface area (Å²) in [4.78, 5) is 18.4. The normalized spacial score (nSPS) is 17.2. The Hall–Kier alpha value is -2.27. The van der Waals surface area contributed by atoms with Gasteiger partial charge < -0.3 is 9.84 Å². The van der Waals surface area contributed by atoms with Gasteiger partial charge in [-0.25, -0.2) is 8.42 Å². The topological polar surface area (TPSA) is 105 Å². The minimum Gasteiger partial charge on any atom is -0.355 e. The third-order valence-electron chi connectivity index (χ3n) is 5.62. The van der Waals surface area contributed by atoms with Crippen molar-refractivity contribution in [1.29, 1.82) is 0 Å². The number of nitrogens with zero attached hydrogens (tertiary/aromatic N) is 3. The third-order valence-corrected chi connectivity index (χ3v) is 9.04. The number of nitrogens with one attached hydrogen (secondary N) is 1. The van der Waals surface area contributed by atoms with Crippen LogP contribution in [0.15, 0.2) is 39.8 Å². The molecule has 1 amide bonds. The van der Waals surface area contributed by atoms with E-state index >= 15 is 0 Å². The number of carbonyl (C=O) groups is 1. The van der Waals surface area contributed by atoms with Crippen LogP contribution >= 0.6 is 22.9 Å². The van der Waals surface area contributed by atoms with Gasteiger partial charge in [-0.2, -0.15) is 9.29 Å². The summed E-state index contributed by atoms with van der Waals surface area (Å²) in [6, 6.07) is 9.09.